The maximum Gasteiger partial charge on any atom is 0.310 e. The molecule has 0 saturated heterocycles. The minimum atomic E-state index is -1.07. The summed E-state index contributed by atoms with van der Waals surface area (Å²) in [5.41, 5.74) is 0.383. The van der Waals surface area contributed by atoms with Crippen molar-refractivity contribution in [2.45, 2.75) is 18.9 Å². The topological polar surface area (TPSA) is 59.3 Å². The molecule has 0 radical (unpaired) electrons. The van der Waals surface area contributed by atoms with Gasteiger partial charge in [0.1, 0.15) is 11.8 Å². The summed E-state index contributed by atoms with van der Waals surface area (Å²) in [5, 5.41) is 9.22. The first-order valence-electron chi connectivity index (χ1n) is 7.30. The summed E-state index contributed by atoms with van der Waals surface area (Å²) >= 11 is 0. The molecule has 0 heterocycles. The molecule has 0 amide bonds. The van der Waals surface area contributed by atoms with E-state index in [0.717, 1.165) is 12.8 Å². The van der Waals surface area contributed by atoms with E-state index >= 15 is 0 Å². The van der Waals surface area contributed by atoms with Crippen molar-refractivity contribution >= 4 is 5.97 Å². The Morgan fingerprint density at radius 1 is 1.22 bits per heavy atom. The molecule has 1 atom stereocenters. The lowest BCUT2D eigenvalue weighted by Gasteiger charge is -2.13. The molecule has 0 aromatic heterocycles. The highest BCUT2D eigenvalue weighted by Gasteiger charge is 2.33. The highest BCUT2D eigenvalue weighted by Crippen LogP contribution is 2.33. The lowest BCUT2D eigenvalue weighted by molar-refractivity contribution is -0.148. The Morgan fingerprint density at radius 3 is 2.61 bits per heavy atom. The quantitative estimate of drug-likeness (QED) is 0.779. The van der Waals surface area contributed by atoms with Gasteiger partial charge in [-0.05, 0) is 37.1 Å². The molecule has 4 nitrogen and oxygen atoms in total. The number of carbonyl (C=O) groups is 1. The lowest BCUT2D eigenvalue weighted by Crippen LogP contribution is -2.11. The van der Waals surface area contributed by atoms with Crippen LogP contribution in [0.1, 0.15) is 24.5 Å². The summed E-state index contributed by atoms with van der Waals surface area (Å²) in [6, 6.07) is 14.7. The van der Waals surface area contributed by atoms with Crippen LogP contribution in [0.25, 0.3) is 0 Å². The summed E-state index contributed by atoms with van der Waals surface area (Å²) < 4.78 is 24.6. The van der Waals surface area contributed by atoms with Gasteiger partial charge in [0.2, 0.25) is 6.10 Å². The van der Waals surface area contributed by atoms with Crippen LogP contribution in [0.15, 0.2) is 48.5 Å². The summed E-state index contributed by atoms with van der Waals surface area (Å²) in [6.07, 6.45) is 0.521. The average Bonchev–Trinajstić information content (AvgIpc) is 3.40. The van der Waals surface area contributed by atoms with Gasteiger partial charge in [0.05, 0.1) is 5.92 Å². The normalized spacial score (nSPS) is 14.6. The number of hydrogen-bond acceptors (Lipinski definition) is 4. The second kappa shape index (κ2) is 6.49. The third-order valence-corrected chi connectivity index (χ3v) is 3.49. The number of halogens is 1. The Morgan fingerprint density at radius 2 is 1.96 bits per heavy atom. The number of benzene rings is 2. The lowest BCUT2D eigenvalue weighted by atomic mass is 10.1. The van der Waals surface area contributed by atoms with E-state index in [1.807, 2.05) is 12.1 Å². The summed E-state index contributed by atoms with van der Waals surface area (Å²) in [5.74, 6) is -0.580. The van der Waals surface area contributed by atoms with Crippen molar-refractivity contribution in [3.8, 4) is 17.6 Å². The number of hydrogen-bond donors (Lipinski definition) is 0. The van der Waals surface area contributed by atoms with Gasteiger partial charge < -0.3 is 9.47 Å². The van der Waals surface area contributed by atoms with E-state index in [2.05, 4.69) is 0 Å². The van der Waals surface area contributed by atoms with Gasteiger partial charge in [-0.15, -0.1) is 0 Å². The molecule has 1 aliphatic rings. The molecule has 1 saturated carbocycles. The number of para-hydroxylation sites is 1. The van der Waals surface area contributed by atoms with Crippen LogP contribution in [0, 0.1) is 23.1 Å². The van der Waals surface area contributed by atoms with Gasteiger partial charge in [-0.2, -0.15) is 5.26 Å². The van der Waals surface area contributed by atoms with E-state index in [9.17, 15) is 14.4 Å². The van der Waals surface area contributed by atoms with E-state index in [1.165, 1.54) is 18.2 Å². The molecule has 1 unspecified atom stereocenters. The Balaban J connectivity index is 1.80. The van der Waals surface area contributed by atoms with Crippen LogP contribution in [0.5, 0.6) is 11.5 Å². The van der Waals surface area contributed by atoms with Crippen LogP contribution in [-0.2, 0) is 9.53 Å². The predicted molar refractivity (Wildman–Crippen MR) is 80.1 cm³/mol. The molecule has 5 heteroatoms. The van der Waals surface area contributed by atoms with Crippen molar-refractivity contribution < 1.29 is 18.7 Å². The maximum absolute atomic E-state index is 13.9. The first-order chi connectivity index (χ1) is 11.2. The van der Waals surface area contributed by atoms with Crippen molar-refractivity contribution in [3.05, 3.63) is 59.9 Å². The van der Waals surface area contributed by atoms with Crippen molar-refractivity contribution in [1.82, 2.24) is 0 Å². The highest BCUT2D eigenvalue weighted by molar-refractivity contribution is 5.75. The third kappa shape index (κ3) is 3.67. The fourth-order valence-corrected chi connectivity index (χ4v) is 2.08. The predicted octanol–water partition coefficient (Wildman–Crippen LogP) is 4.14. The van der Waals surface area contributed by atoms with Crippen molar-refractivity contribution in [2.24, 2.45) is 5.92 Å². The van der Waals surface area contributed by atoms with E-state index in [-0.39, 0.29) is 17.6 Å². The molecule has 116 valence electrons. The molecule has 0 spiro atoms. The number of ether oxygens (including phenoxy) is 2. The van der Waals surface area contributed by atoms with Gasteiger partial charge in [0.15, 0.2) is 11.6 Å². The van der Waals surface area contributed by atoms with Gasteiger partial charge in [0, 0.05) is 5.56 Å². The molecule has 2 aromatic carbocycles. The molecule has 1 aliphatic carbocycles. The van der Waals surface area contributed by atoms with E-state index in [4.69, 9.17) is 9.47 Å². The number of carbonyl (C=O) groups excluding carboxylic acids is 1. The molecule has 23 heavy (non-hydrogen) atoms. The smallest absolute Gasteiger partial charge is 0.310 e. The van der Waals surface area contributed by atoms with Crippen LogP contribution < -0.4 is 4.74 Å². The Kier molecular flexibility index (Phi) is 4.24. The van der Waals surface area contributed by atoms with Crippen molar-refractivity contribution in [1.29, 1.82) is 5.26 Å². The van der Waals surface area contributed by atoms with Gasteiger partial charge in [-0.3, -0.25) is 4.79 Å². The largest absolute Gasteiger partial charge is 0.454 e. The third-order valence-electron chi connectivity index (χ3n) is 3.49. The van der Waals surface area contributed by atoms with Crippen LogP contribution in [0.2, 0.25) is 0 Å². The first-order valence-corrected chi connectivity index (χ1v) is 7.30. The fraction of sp³-hybridized carbons (Fsp3) is 0.222. The molecular weight excluding hydrogens is 297 g/mol. The van der Waals surface area contributed by atoms with E-state index in [1.54, 1.807) is 24.3 Å². The second-order valence-electron chi connectivity index (χ2n) is 5.33. The van der Waals surface area contributed by atoms with Crippen LogP contribution in [-0.4, -0.2) is 5.97 Å². The van der Waals surface area contributed by atoms with Gasteiger partial charge in [0.25, 0.3) is 0 Å². The fourth-order valence-electron chi connectivity index (χ4n) is 2.08. The average molecular weight is 311 g/mol. The molecule has 2 aromatic rings. The van der Waals surface area contributed by atoms with Crippen molar-refractivity contribution in [2.75, 3.05) is 0 Å². The Bertz CT molecular complexity index is 751. The Hall–Kier alpha value is -2.87. The van der Waals surface area contributed by atoms with Gasteiger partial charge >= 0.3 is 5.97 Å². The van der Waals surface area contributed by atoms with Crippen molar-refractivity contribution in [3.63, 3.8) is 0 Å². The van der Waals surface area contributed by atoms with Gasteiger partial charge in [-0.25, -0.2) is 4.39 Å². The molecular formula is C18H14FNO3. The molecule has 0 aliphatic heterocycles. The number of nitrogens with zero attached hydrogens (tertiary/aromatic N) is 1. The van der Waals surface area contributed by atoms with Crippen LogP contribution in [0.4, 0.5) is 4.39 Å². The molecule has 0 N–H and O–H groups in total. The number of esters is 1. The van der Waals surface area contributed by atoms with E-state index in [0.29, 0.717) is 11.3 Å². The summed E-state index contributed by atoms with van der Waals surface area (Å²) in [7, 11) is 0. The summed E-state index contributed by atoms with van der Waals surface area (Å²) in [6.45, 7) is 0. The zero-order valence-corrected chi connectivity index (χ0v) is 12.2. The van der Waals surface area contributed by atoms with Crippen LogP contribution in [0.3, 0.4) is 0 Å². The first kappa shape index (κ1) is 15.0. The number of rotatable bonds is 5. The standard InChI is InChI=1S/C18H14FNO3/c19-15-9-8-13(17(11-20)23-18(21)12-6-7-12)10-16(15)22-14-4-2-1-3-5-14/h1-5,8-10,12,17H,6-7H2. The molecule has 3 rings (SSSR count). The van der Waals surface area contributed by atoms with E-state index < -0.39 is 11.9 Å². The highest BCUT2D eigenvalue weighted by atomic mass is 19.1. The monoisotopic (exact) mass is 311 g/mol. The van der Waals surface area contributed by atoms with Crippen LogP contribution >= 0.6 is 0 Å². The number of nitriles is 1. The minimum Gasteiger partial charge on any atom is -0.454 e. The Labute approximate surface area is 133 Å². The second-order valence-corrected chi connectivity index (χ2v) is 5.33. The SMILES string of the molecule is N#CC(OC(=O)C1CC1)c1ccc(F)c(Oc2ccccc2)c1. The minimum absolute atomic E-state index is 0.0172. The molecule has 1 fully saturated rings. The zero-order chi connectivity index (χ0) is 16.2. The molecule has 0 bridgehead atoms. The maximum atomic E-state index is 13.9. The summed E-state index contributed by atoms with van der Waals surface area (Å²) in [4.78, 5) is 11.7. The zero-order valence-electron chi connectivity index (χ0n) is 12.2. The van der Waals surface area contributed by atoms with Gasteiger partial charge in [-0.1, -0.05) is 24.3 Å².